The second-order valence-corrected chi connectivity index (χ2v) is 6.15. The van der Waals surface area contributed by atoms with Crippen molar-refractivity contribution in [3.05, 3.63) is 40.9 Å². The number of carboxylic acid groups (broad SMARTS) is 1. The molecule has 0 saturated heterocycles. The van der Waals surface area contributed by atoms with Crippen LogP contribution in [0.3, 0.4) is 0 Å². The molecule has 0 unspecified atom stereocenters. The number of carbonyl (C=O) groups is 2. The molecule has 0 heterocycles. The second kappa shape index (κ2) is 5.19. The first-order chi connectivity index (χ1) is 9.99. The van der Waals surface area contributed by atoms with Gasteiger partial charge in [-0.3, -0.25) is 9.59 Å². The number of allylic oxidation sites excluding steroid dienone is 2. The van der Waals surface area contributed by atoms with E-state index in [1.165, 1.54) is 0 Å². The first kappa shape index (κ1) is 14.1. The van der Waals surface area contributed by atoms with Gasteiger partial charge in [-0.25, -0.2) is 0 Å². The maximum absolute atomic E-state index is 12.5. The van der Waals surface area contributed by atoms with E-state index < -0.39 is 17.8 Å². The van der Waals surface area contributed by atoms with Crippen LogP contribution in [0.25, 0.3) is 0 Å². The quantitative estimate of drug-likeness (QED) is 0.843. The summed E-state index contributed by atoms with van der Waals surface area (Å²) < 4.78 is 0. The zero-order valence-corrected chi connectivity index (χ0v) is 12.3. The monoisotopic (exact) mass is 305 g/mol. The summed E-state index contributed by atoms with van der Waals surface area (Å²) in [5.74, 6) is -2.26. The third kappa shape index (κ3) is 2.33. The molecule has 0 aliphatic heterocycles. The highest BCUT2D eigenvalue weighted by molar-refractivity contribution is 6.31. The maximum atomic E-state index is 12.5. The Morgan fingerprint density at radius 2 is 1.90 bits per heavy atom. The molecule has 3 rings (SSSR count). The number of benzene rings is 1. The van der Waals surface area contributed by atoms with Crippen molar-refractivity contribution in [3.8, 4) is 0 Å². The van der Waals surface area contributed by atoms with Crippen LogP contribution < -0.4 is 5.32 Å². The number of halogens is 1. The highest BCUT2D eigenvalue weighted by Gasteiger charge is 2.51. The maximum Gasteiger partial charge on any atom is 0.307 e. The second-order valence-electron chi connectivity index (χ2n) is 5.74. The molecule has 5 heteroatoms. The van der Waals surface area contributed by atoms with Crippen LogP contribution in [0.1, 0.15) is 12.0 Å². The first-order valence-electron chi connectivity index (χ1n) is 6.96. The fourth-order valence-electron chi connectivity index (χ4n) is 3.48. The number of carbonyl (C=O) groups excluding carboxylic acids is 1. The molecular formula is C16H16ClNO3. The van der Waals surface area contributed by atoms with E-state index in [1.807, 2.05) is 19.1 Å². The number of anilines is 1. The SMILES string of the molecule is Cc1c(Cl)cccc1NC(=O)[C@H]1[C@@H](C(=O)O)[C@H]2C=C[C@H]1C2. The van der Waals surface area contributed by atoms with Crippen molar-refractivity contribution in [1.82, 2.24) is 0 Å². The number of hydrogen-bond donors (Lipinski definition) is 2. The summed E-state index contributed by atoms with van der Waals surface area (Å²) in [5, 5.41) is 12.8. The van der Waals surface area contributed by atoms with Crippen LogP contribution in [0.15, 0.2) is 30.4 Å². The molecule has 0 spiro atoms. The number of amides is 1. The number of carboxylic acids is 1. The number of fused-ring (bicyclic) bond motifs is 2. The Hall–Kier alpha value is -1.81. The molecule has 1 fully saturated rings. The number of nitrogens with one attached hydrogen (secondary N) is 1. The van der Waals surface area contributed by atoms with Crippen molar-refractivity contribution in [2.45, 2.75) is 13.3 Å². The molecule has 4 nitrogen and oxygen atoms in total. The highest BCUT2D eigenvalue weighted by atomic mass is 35.5. The van der Waals surface area contributed by atoms with E-state index in [2.05, 4.69) is 5.32 Å². The van der Waals surface area contributed by atoms with Crippen LogP contribution in [-0.4, -0.2) is 17.0 Å². The minimum atomic E-state index is -0.894. The van der Waals surface area contributed by atoms with Crippen LogP contribution in [0.5, 0.6) is 0 Å². The molecule has 2 bridgehead atoms. The predicted octanol–water partition coefficient (Wildman–Crippen LogP) is 3.11. The van der Waals surface area contributed by atoms with Crippen molar-refractivity contribution >= 4 is 29.2 Å². The summed E-state index contributed by atoms with van der Waals surface area (Å²) in [7, 11) is 0. The molecule has 110 valence electrons. The van der Waals surface area contributed by atoms with E-state index in [4.69, 9.17) is 11.6 Å². The summed E-state index contributed by atoms with van der Waals surface area (Å²) in [6.45, 7) is 1.83. The predicted molar refractivity (Wildman–Crippen MR) is 80.2 cm³/mol. The van der Waals surface area contributed by atoms with Gasteiger partial charge in [0.2, 0.25) is 5.91 Å². The molecule has 2 N–H and O–H groups in total. The van der Waals surface area contributed by atoms with E-state index in [1.54, 1.807) is 18.2 Å². The van der Waals surface area contributed by atoms with Gasteiger partial charge in [0.1, 0.15) is 0 Å². The summed E-state index contributed by atoms with van der Waals surface area (Å²) in [5.41, 5.74) is 1.43. The molecule has 2 aliphatic rings. The Morgan fingerprint density at radius 1 is 1.24 bits per heavy atom. The molecule has 21 heavy (non-hydrogen) atoms. The van der Waals surface area contributed by atoms with Crippen molar-refractivity contribution < 1.29 is 14.7 Å². The Bertz CT molecular complexity index is 640. The van der Waals surface area contributed by atoms with E-state index in [0.717, 1.165) is 12.0 Å². The van der Waals surface area contributed by atoms with E-state index >= 15 is 0 Å². The van der Waals surface area contributed by atoms with Crippen LogP contribution in [0, 0.1) is 30.6 Å². The third-order valence-corrected chi connectivity index (χ3v) is 4.98. The third-order valence-electron chi connectivity index (χ3n) is 4.57. The van der Waals surface area contributed by atoms with Gasteiger partial charge in [-0.1, -0.05) is 29.8 Å². The van der Waals surface area contributed by atoms with Gasteiger partial charge in [0, 0.05) is 10.7 Å². The zero-order valence-electron chi connectivity index (χ0n) is 11.5. The first-order valence-corrected chi connectivity index (χ1v) is 7.34. The van der Waals surface area contributed by atoms with Gasteiger partial charge in [0.15, 0.2) is 0 Å². The topological polar surface area (TPSA) is 66.4 Å². The summed E-state index contributed by atoms with van der Waals surface area (Å²) in [6, 6.07) is 5.30. The van der Waals surface area contributed by atoms with Gasteiger partial charge in [0.25, 0.3) is 0 Å². The van der Waals surface area contributed by atoms with Gasteiger partial charge in [-0.15, -0.1) is 0 Å². The molecular weight excluding hydrogens is 290 g/mol. The number of aliphatic carboxylic acids is 1. The van der Waals surface area contributed by atoms with Crippen LogP contribution in [-0.2, 0) is 9.59 Å². The highest BCUT2D eigenvalue weighted by Crippen LogP contribution is 2.48. The average molecular weight is 306 g/mol. The van der Waals surface area contributed by atoms with E-state index in [-0.39, 0.29) is 17.7 Å². The van der Waals surface area contributed by atoms with Crippen LogP contribution >= 0.6 is 11.6 Å². The molecule has 0 aromatic heterocycles. The molecule has 1 aromatic carbocycles. The Balaban J connectivity index is 1.84. The Kier molecular flexibility index (Phi) is 3.49. The molecule has 1 amide bonds. The lowest BCUT2D eigenvalue weighted by Crippen LogP contribution is -2.36. The Labute approximate surface area is 127 Å². The fourth-order valence-corrected chi connectivity index (χ4v) is 3.65. The van der Waals surface area contributed by atoms with Crippen molar-refractivity contribution in [2.75, 3.05) is 5.32 Å². The minimum absolute atomic E-state index is 0.0237. The van der Waals surface area contributed by atoms with Gasteiger partial charge in [-0.2, -0.15) is 0 Å². The van der Waals surface area contributed by atoms with Gasteiger partial charge in [-0.05, 0) is 42.9 Å². The molecule has 1 saturated carbocycles. The van der Waals surface area contributed by atoms with Crippen molar-refractivity contribution in [2.24, 2.45) is 23.7 Å². The van der Waals surface area contributed by atoms with E-state index in [0.29, 0.717) is 10.7 Å². The van der Waals surface area contributed by atoms with Gasteiger partial charge < -0.3 is 10.4 Å². The van der Waals surface area contributed by atoms with Crippen LogP contribution in [0.4, 0.5) is 5.69 Å². The summed E-state index contributed by atoms with van der Waals surface area (Å²) in [6.07, 6.45) is 4.65. The smallest absolute Gasteiger partial charge is 0.307 e. The van der Waals surface area contributed by atoms with E-state index in [9.17, 15) is 14.7 Å². The lowest BCUT2D eigenvalue weighted by Gasteiger charge is -2.24. The molecule has 4 atom stereocenters. The number of rotatable bonds is 3. The number of hydrogen-bond acceptors (Lipinski definition) is 2. The fraction of sp³-hybridized carbons (Fsp3) is 0.375. The molecule has 2 aliphatic carbocycles. The zero-order chi connectivity index (χ0) is 15.1. The lowest BCUT2D eigenvalue weighted by atomic mass is 9.82. The van der Waals surface area contributed by atoms with Gasteiger partial charge in [0.05, 0.1) is 11.8 Å². The minimum Gasteiger partial charge on any atom is -0.481 e. The summed E-state index contributed by atoms with van der Waals surface area (Å²) >= 11 is 6.04. The molecule has 0 radical (unpaired) electrons. The van der Waals surface area contributed by atoms with Gasteiger partial charge >= 0.3 is 5.97 Å². The van der Waals surface area contributed by atoms with Crippen molar-refractivity contribution in [1.29, 1.82) is 0 Å². The molecule has 1 aromatic rings. The van der Waals surface area contributed by atoms with Crippen molar-refractivity contribution in [3.63, 3.8) is 0 Å². The largest absolute Gasteiger partial charge is 0.481 e. The average Bonchev–Trinajstić information content (AvgIpc) is 3.04. The Morgan fingerprint density at radius 3 is 2.57 bits per heavy atom. The van der Waals surface area contributed by atoms with Crippen LogP contribution in [0.2, 0.25) is 5.02 Å². The lowest BCUT2D eigenvalue weighted by molar-refractivity contribution is -0.146. The normalized spacial score (nSPS) is 29.6. The standard InChI is InChI=1S/C16H16ClNO3/c1-8-11(17)3-2-4-12(8)18-15(19)13-9-5-6-10(7-9)14(13)16(20)21/h2-6,9-10,13-14H,7H2,1H3,(H,18,19)(H,20,21)/t9-,10-,13+,14-/m0/s1. The summed E-state index contributed by atoms with van der Waals surface area (Å²) in [4.78, 5) is 24.0.